The van der Waals surface area contributed by atoms with Crippen molar-refractivity contribution in [3.63, 3.8) is 0 Å². The first-order valence-corrected chi connectivity index (χ1v) is 21.4. The fourth-order valence-electron chi connectivity index (χ4n) is 9.68. The minimum absolute atomic E-state index is 0.522. The molecule has 0 amide bonds. The highest BCUT2D eigenvalue weighted by Gasteiger charge is 2.46. The molecule has 0 atom stereocenters. The summed E-state index contributed by atoms with van der Waals surface area (Å²) in [6.07, 6.45) is 0. The van der Waals surface area contributed by atoms with Crippen molar-refractivity contribution in [2.24, 2.45) is 0 Å². The Labute approximate surface area is 364 Å². The van der Waals surface area contributed by atoms with Crippen molar-refractivity contribution in [3.8, 4) is 55.6 Å². The Bertz CT molecular complexity index is 3080. The monoisotopic (exact) mass is 789 g/mol. The summed E-state index contributed by atoms with van der Waals surface area (Å²) in [5, 5.41) is 0. The molecule has 0 unspecified atom stereocenters. The average molecular weight is 790 g/mol. The fourth-order valence-corrected chi connectivity index (χ4v) is 9.68. The zero-order valence-corrected chi connectivity index (χ0v) is 34.3. The number of benzene rings is 10. The van der Waals surface area contributed by atoms with Gasteiger partial charge in [0.15, 0.2) is 0 Å². The Hall–Kier alpha value is -8.00. The molecule has 1 nitrogen and oxygen atoms in total. The smallest absolute Gasteiger partial charge is 0.0714 e. The third-order valence-corrected chi connectivity index (χ3v) is 12.6. The van der Waals surface area contributed by atoms with E-state index in [-0.39, 0.29) is 0 Å². The van der Waals surface area contributed by atoms with Crippen LogP contribution >= 0.6 is 0 Å². The van der Waals surface area contributed by atoms with E-state index in [2.05, 4.69) is 266 Å². The van der Waals surface area contributed by atoms with Crippen LogP contribution in [0, 0.1) is 0 Å². The number of hydrogen-bond donors (Lipinski definition) is 0. The topological polar surface area (TPSA) is 3.24 Å². The Morgan fingerprint density at radius 2 is 0.645 bits per heavy atom. The summed E-state index contributed by atoms with van der Waals surface area (Å²) >= 11 is 0. The quantitative estimate of drug-likeness (QED) is 0.141. The van der Waals surface area contributed by atoms with E-state index in [1.807, 2.05) is 0 Å². The van der Waals surface area contributed by atoms with Gasteiger partial charge in [0.05, 0.1) is 11.1 Å². The molecule has 292 valence electrons. The maximum Gasteiger partial charge on any atom is 0.0714 e. The minimum atomic E-state index is -0.522. The van der Waals surface area contributed by atoms with Gasteiger partial charge in [-0.3, -0.25) is 0 Å². The van der Waals surface area contributed by atoms with Crippen LogP contribution in [0.3, 0.4) is 0 Å². The fraction of sp³-hybridized carbons (Fsp3) is 0.0164. The van der Waals surface area contributed by atoms with Crippen LogP contribution in [0.15, 0.2) is 261 Å². The molecule has 0 N–H and O–H groups in total. The van der Waals surface area contributed by atoms with Crippen molar-refractivity contribution >= 4 is 17.1 Å². The molecule has 1 aliphatic carbocycles. The molecule has 10 aromatic carbocycles. The van der Waals surface area contributed by atoms with E-state index in [4.69, 9.17) is 0 Å². The second-order valence-electron chi connectivity index (χ2n) is 16.0. The zero-order valence-electron chi connectivity index (χ0n) is 34.3. The summed E-state index contributed by atoms with van der Waals surface area (Å²) in [4.78, 5) is 2.46. The maximum absolute atomic E-state index is 2.46. The lowest BCUT2D eigenvalue weighted by molar-refractivity contribution is 0.768. The van der Waals surface area contributed by atoms with Crippen molar-refractivity contribution in [2.75, 3.05) is 4.90 Å². The third-order valence-electron chi connectivity index (χ3n) is 12.6. The summed E-state index contributed by atoms with van der Waals surface area (Å²) in [7, 11) is 0. The summed E-state index contributed by atoms with van der Waals surface area (Å²) in [6, 6.07) is 95.3. The molecule has 0 radical (unpaired) electrons. The van der Waals surface area contributed by atoms with E-state index < -0.39 is 5.41 Å². The molecule has 0 saturated carbocycles. The molecule has 0 aliphatic heterocycles. The van der Waals surface area contributed by atoms with E-state index in [0.29, 0.717) is 0 Å². The van der Waals surface area contributed by atoms with Crippen LogP contribution in [0.1, 0.15) is 22.3 Å². The number of rotatable bonds is 9. The third kappa shape index (κ3) is 6.43. The second kappa shape index (κ2) is 15.9. The van der Waals surface area contributed by atoms with Crippen molar-refractivity contribution in [3.05, 3.63) is 283 Å². The van der Waals surface area contributed by atoms with Crippen molar-refractivity contribution in [2.45, 2.75) is 5.41 Å². The van der Waals surface area contributed by atoms with Crippen LogP contribution in [0.5, 0.6) is 0 Å². The highest BCUT2D eigenvalue weighted by atomic mass is 15.1. The largest absolute Gasteiger partial charge is 0.310 e. The van der Waals surface area contributed by atoms with E-state index in [9.17, 15) is 0 Å². The van der Waals surface area contributed by atoms with E-state index in [1.54, 1.807) is 0 Å². The first kappa shape index (κ1) is 37.0. The van der Waals surface area contributed by atoms with Gasteiger partial charge < -0.3 is 4.90 Å². The molecule has 0 saturated heterocycles. The molecule has 1 heteroatoms. The molecule has 0 bridgehead atoms. The van der Waals surface area contributed by atoms with Gasteiger partial charge in [0.2, 0.25) is 0 Å². The van der Waals surface area contributed by atoms with E-state index >= 15 is 0 Å². The van der Waals surface area contributed by atoms with Crippen LogP contribution in [0.4, 0.5) is 17.1 Å². The van der Waals surface area contributed by atoms with E-state index in [0.717, 1.165) is 28.2 Å². The van der Waals surface area contributed by atoms with Gasteiger partial charge in [-0.1, -0.05) is 224 Å². The van der Waals surface area contributed by atoms with Gasteiger partial charge in [-0.25, -0.2) is 0 Å². The lowest BCUT2D eigenvalue weighted by atomic mass is 9.67. The number of fused-ring (bicyclic) bond motifs is 3. The predicted molar refractivity (Wildman–Crippen MR) is 260 cm³/mol. The Kier molecular flexibility index (Phi) is 9.48. The van der Waals surface area contributed by atoms with E-state index in [1.165, 1.54) is 66.8 Å². The van der Waals surface area contributed by atoms with Gasteiger partial charge in [0, 0.05) is 16.9 Å². The van der Waals surface area contributed by atoms with Gasteiger partial charge >= 0.3 is 0 Å². The Morgan fingerprint density at radius 3 is 1.21 bits per heavy atom. The van der Waals surface area contributed by atoms with Crippen LogP contribution in [0.2, 0.25) is 0 Å². The second-order valence-corrected chi connectivity index (χ2v) is 16.0. The average Bonchev–Trinajstić information content (AvgIpc) is 3.66. The number of anilines is 3. The molecule has 0 aromatic heterocycles. The van der Waals surface area contributed by atoms with Gasteiger partial charge in [0.25, 0.3) is 0 Å². The normalized spacial score (nSPS) is 12.3. The maximum atomic E-state index is 2.46. The highest BCUT2D eigenvalue weighted by molar-refractivity contribution is 5.94. The van der Waals surface area contributed by atoms with Gasteiger partial charge in [-0.15, -0.1) is 0 Å². The molecular formula is C61H43N. The molecule has 10 aromatic rings. The lowest BCUT2D eigenvalue weighted by Gasteiger charge is -2.35. The standard InChI is InChI=1S/C61H43N/c1-6-18-44(19-7-1)46-30-32-47(33-31-46)48-34-37-53(38-35-48)62(60-41-36-50(45-20-8-2-9-21-45)42-57(60)49-22-10-3-11-23-49)54-39-40-56-55-28-16-17-29-58(55)61(59(56)43-54,51-24-12-4-13-25-51)52-26-14-5-15-27-52/h1-43H. The zero-order chi connectivity index (χ0) is 41.3. The summed E-state index contributed by atoms with van der Waals surface area (Å²) in [6.45, 7) is 0. The molecule has 0 spiro atoms. The Morgan fingerprint density at radius 1 is 0.242 bits per heavy atom. The molecule has 0 heterocycles. The summed E-state index contributed by atoms with van der Waals surface area (Å²) < 4.78 is 0. The van der Waals surface area contributed by atoms with Crippen molar-refractivity contribution in [1.82, 2.24) is 0 Å². The molecule has 0 fully saturated rings. The van der Waals surface area contributed by atoms with Crippen LogP contribution < -0.4 is 4.90 Å². The molecular weight excluding hydrogens is 747 g/mol. The number of nitrogens with zero attached hydrogens (tertiary/aromatic N) is 1. The summed E-state index contributed by atoms with van der Waals surface area (Å²) in [5.41, 5.74) is 19.9. The molecule has 11 rings (SSSR count). The van der Waals surface area contributed by atoms with Gasteiger partial charge in [-0.05, 0) is 109 Å². The van der Waals surface area contributed by atoms with Crippen molar-refractivity contribution in [1.29, 1.82) is 0 Å². The molecule has 1 aliphatic rings. The van der Waals surface area contributed by atoms with Gasteiger partial charge in [0.1, 0.15) is 0 Å². The minimum Gasteiger partial charge on any atom is -0.310 e. The lowest BCUT2D eigenvalue weighted by Crippen LogP contribution is -2.28. The van der Waals surface area contributed by atoms with Gasteiger partial charge in [-0.2, -0.15) is 0 Å². The SMILES string of the molecule is c1ccc(-c2ccc(-c3ccc(N(c4ccc5c(c4)C(c4ccccc4)(c4ccccc4)c4ccccc4-5)c4ccc(-c5ccccc5)cc4-c4ccccc4)cc3)cc2)cc1. The first-order chi connectivity index (χ1) is 30.8. The highest BCUT2D eigenvalue weighted by Crippen LogP contribution is 2.57. The van der Waals surface area contributed by atoms with Crippen LogP contribution in [-0.2, 0) is 5.41 Å². The predicted octanol–water partition coefficient (Wildman–Crippen LogP) is 16.2. The van der Waals surface area contributed by atoms with Crippen LogP contribution in [-0.4, -0.2) is 0 Å². The van der Waals surface area contributed by atoms with Crippen LogP contribution in [0.25, 0.3) is 55.6 Å². The summed E-state index contributed by atoms with van der Waals surface area (Å²) in [5.74, 6) is 0. The molecule has 62 heavy (non-hydrogen) atoms. The first-order valence-electron chi connectivity index (χ1n) is 21.4. The number of hydrogen-bond acceptors (Lipinski definition) is 1. The van der Waals surface area contributed by atoms with Crippen molar-refractivity contribution < 1.29 is 0 Å². The Balaban J connectivity index is 1.12.